The van der Waals surface area contributed by atoms with E-state index in [1.807, 2.05) is 39.0 Å². The fourth-order valence-corrected chi connectivity index (χ4v) is 2.87. The Labute approximate surface area is 140 Å². The lowest BCUT2D eigenvalue weighted by Crippen LogP contribution is -2.25. The monoisotopic (exact) mass is 323 g/mol. The van der Waals surface area contributed by atoms with Crippen molar-refractivity contribution in [2.24, 2.45) is 0 Å². The van der Waals surface area contributed by atoms with Crippen LogP contribution in [0.4, 0.5) is 0 Å². The highest BCUT2D eigenvalue weighted by Crippen LogP contribution is 2.25. The molecule has 0 fully saturated rings. The van der Waals surface area contributed by atoms with Crippen molar-refractivity contribution in [3.63, 3.8) is 0 Å². The molecule has 0 unspecified atom stereocenters. The number of nitrogens with one attached hydrogen (secondary N) is 1. The van der Waals surface area contributed by atoms with Gasteiger partial charge < -0.3 is 9.73 Å². The number of benzene rings is 2. The van der Waals surface area contributed by atoms with Gasteiger partial charge in [-0.2, -0.15) is 0 Å². The molecule has 1 N–H and O–H groups in total. The van der Waals surface area contributed by atoms with E-state index < -0.39 is 0 Å². The average molecular weight is 323 g/mol. The van der Waals surface area contributed by atoms with Crippen molar-refractivity contribution in [3.05, 3.63) is 57.2 Å². The van der Waals surface area contributed by atoms with Crippen molar-refractivity contribution in [3.8, 4) is 0 Å². The van der Waals surface area contributed by atoms with Crippen molar-refractivity contribution in [1.82, 2.24) is 5.32 Å². The van der Waals surface area contributed by atoms with Crippen LogP contribution in [0.3, 0.4) is 0 Å². The van der Waals surface area contributed by atoms with Crippen molar-refractivity contribution < 1.29 is 9.21 Å². The van der Waals surface area contributed by atoms with Gasteiger partial charge in [-0.25, -0.2) is 0 Å². The SMILES string of the molecule is CCCNC(=O)Cc1cccc2c(=O)c3ccc(C)c(C)c3oc12. The largest absolute Gasteiger partial charge is 0.455 e. The van der Waals surface area contributed by atoms with E-state index in [1.165, 1.54) is 0 Å². The van der Waals surface area contributed by atoms with Crippen molar-refractivity contribution in [1.29, 1.82) is 0 Å². The van der Waals surface area contributed by atoms with E-state index in [0.717, 1.165) is 23.1 Å². The fraction of sp³-hybridized carbons (Fsp3) is 0.300. The van der Waals surface area contributed by atoms with Gasteiger partial charge in [0.25, 0.3) is 0 Å². The molecule has 124 valence electrons. The summed E-state index contributed by atoms with van der Waals surface area (Å²) in [6.07, 6.45) is 1.09. The summed E-state index contributed by atoms with van der Waals surface area (Å²) in [4.78, 5) is 24.9. The van der Waals surface area contributed by atoms with E-state index in [4.69, 9.17) is 4.42 Å². The maximum atomic E-state index is 12.8. The number of para-hydroxylation sites is 1. The van der Waals surface area contributed by atoms with Gasteiger partial charge in [-0.3, -0.25) is 9.59 Å². The number of amides is 1. The molecule has 24 heavy (non-hydrogen) atoms. The third-order valence-electron chi connectivity index (χ3n) is 4.39. The summed E-state index contributed by atoms with van der Waals surface area (Å²) >= 11 is 0. The third-order valence-corrected chi connectivity index (χ3v) is 4.39. The molecule has 0 aliphatic heterocycles. The Hall–Kier alpha value is -2.62. The molecule has 1 aromatic heterocycles. The molecule has 0 bridgehead atoms. The second-order valence-corrected chi connectivity index (χ2v) is 6.14. The number of rotatable bonds is 4. The van der Waals surface area contributed by atoms with Gasteiger partial charge in [0.2, 0.25) is 11.3 Å². The number of aryl methyl sites for hydroxylation is 2. The van der Waals surface area contributed by atoms with Crippen LogP contribution in [-0.4, -0.2) is 12.5 Å². The lowest BCUT2D eigenvalue weighted by molar-refractivity contribution is -0.120. The van der Waals surface area contributed by atoms with Gasteiger partial charge in [0.05, 0.1) is 17.2 Å². The average Bonchev–Trinajstić information content (AvgIpc) is 2.57. The summed E-state index contributed by atoms with van der Waals surface area (Å²) in [6, 6.07) is 9.14. The summed E-state index contributed by atoms with van der Waals surface area (Å²) in [5.41, 5.74) is 3.83. The standard InChI is InChI=1S/C20H21NO3/c1-4-10-21-17(22)11-14-6-5-7-15-18(23)16-9-8-12(2)13(3)19(16)24-20(14)15/h5-9H,4,10-11H2,1-3H3,(H,21,22). The van der Waals surface area contributed by atoms with Gasteiger partial charge in [0.15, 0.2) is 0 Å². The van der Waals surface area contributed by atoms with Crippen LogP contribution in [-0.2, 0) is 11.2 Å². The summed E-state index contributed by atoms with van der Waals surface area (Å²) < 4.78 is 6.10. The molecule has 4 heteroatoms. The first-order valence-corrected chi connectivity index (χ1v) is 8.24. The van der Waals surface area contributed by atoms with E-state index >= 15 is 0 Å². The van der Waals surface area contributed by atoms with Gasteiger partial charge in [0, 0.05) is 12.1 Å². The van der Waals surface area contributed by atoms with E-state index in [9.17, 15) is 9.59 Å². The number of fused-ring (bicyclic) bond motifs is 2. The summed E-state index contributed by atoms with van der Waals surface area (Å²) in [6.45, 7) is 6.59. The third kappa shape index (κ3) is 2.80. The van der Waals surface area contributed by atoms with E-state index in [-0.39, 0.29) is 17.8 Å². The molecule has 0 radical (unpaired) electrons. The topological polar surface area (TPSA) is 59.3 Å². The molecular weight excluding hydrogens is 302 g/mol. The zero-order valence-electron chi connectivity index (χ0n) is 14.2. The van der Waals surface area contributed by atoms with Crippen LogP contribution in [0.1, 0.15) is 30.0 Å². The van der Waals surface area contributed by atoms with Gasteiger partial charge in [-0.05, 0) is 43.5 Å². The van der Waals surface area contributed by atoms with Crippen LogP contribution in [0.2, 0.25) is 0 Å². The predicted molar refractivity (Wildman–Crippen MR) is 96.5 cm³/mol. The summed E-state index contributed by atoms with van der Waals surface area (Å²) in [5, 5.41) is 3.96. The number of hydrogen-bond acceptors (Lipinski definition) is 3. The first-order chi connectivity index (χ1) is 11.5. The molecule has 0 saturated heterocycles. The van der Waals surface area contributed by atoms with Gasteiger partial charge in [0.1, 0.15) is 11.2 Å². The summed E-state index contributed by atoms with van der Waals surface area (Å²) in [7, 11) is 0. The zero-order valence-corrected chi connectivity index (χ0v) is 14.2. The Balaban J connectivity index is 2.20. The Bertz CT molecular complexity index is 985. The van der Waals surface area contributed by atoms with Gasteiger partial charge >= 0.3 is 0 Å². The highest BCUT2D eigenvalue weighted by molar-refractivity contribution is 5.94. The second kappa shape index (κ2) is 6.48. The van der Waals surface area contributed by atoms with E-state index in [0.29, 0.717) is 28.5 Å². The minimum Gasteiger partial charge on any atom is -0.455 e. The zero-order chi connectivity index (χ0) is 17.3. The van der Waals surface area contributed by atoms with E-state index in [1.54, 1.807) is 12.1 Å². The number of carbonyl (C=O) groups is 1. The van der Waals surface area contributed by atoms with Gasteiger partial charge in [-0.15, -0.1) is 0 Å². The predicted octanol–water partition coefficient (Wildman–Crippen LogP) is 3.63. The van der Waals surface area contributed by atoms with E-state index in [2.05, 4.69) is 5.32 Å². The molecule has 2 aromatic carbocycles. The van der Waals surface area contributed by atoms with Crippen LogP contribution in [0, 0.1) is 13.8 Å². The molecule has 0 atom stereocenters. The summed E-state index contributed by atoms with van der Waals surface area (Å²) in [5.74, 6) is -0.0620. The normalized spacial score (nSPS) is 11.1. The smallest absolute Gasteiger partial charge is 0.224 e. The Kier molecular flexibility index (Phi) is 4.38. The van der Waals surface area contributed by atoms with Crippen LogP contribution in [0.15, 0.2) is 39.5 Å². The minimum atomic E-state index is -0.0620. The van der Waals surface area contributed by atoms with Crippen molar-refractivity contribution >= 4 is 27.8 Å². The highest BCUT2D eigenvalue weighted by Gasteiger charge is 2.14. The fourth-order valence-electron chi connectivity index (χ4n) is 2.87. The molecule has 0 aliphatic rings. The Morgan fingerprint density at radius 2 is 1.83 bits per heavy atom. The molecule has 3 rings (SSSR count). The maximum Gasteiger partial charge on any atom is 0.224 e. The molecule has 3 aromatic rings. The molecule has 0 aliphatic carbocycles. The second-order valence-electron chi connectivity index (χ2n) is 6.14. The molecule has 4 nitrogen and oxygen atoms in total. The van der Waals surface area contributed by atoms with Crippen LogP contribution < -0.4 is 10.7 Å². The first-order valence-electron chi connectivity index (χ1n) is 8.24. The maximum absolute atomic E-state index is 12.8. The van der Waals surface area contributed by atoms with Crippen LogP contribution in [0.5, 0.6) is 0 Å². The molecule has 0 saturated carbocycles. The molecule has 0 spiro atoms. The van der Waals surface area contributed by atoms with Crippen LogP contribution >= 0.6 is 0 Å². The quantitative estimate of drug-likeness (QED) is 0.746. The van der Waals surface area contributed by atoms with Crippen molar-refractivity contribution in [2.45, 2.75) is 33.6 Å². The number of carbonyl (C=O) groups excluding carboxylic acids is 1. The molecule has 1 amide bonds. The Morgan fingerprint density at radius 3 is 2.58 bits per heavy atom. The lowest BCUT2D eigenvalue weighted by atomic mass is 10.0. The van der Waals surface area contributed by atoms with Gasteiger partial charge in [-0.1, -0.05) is 25.1 Å². The first kappa shape index (κ1) is 16.2. The van der Waals surface area contributed by atoms with Crippen molar-refractivity contribution in [2.75, 3.05) is 6.54 Å². The minimum absolute atomic E-state index is 0.0508. The lowest BCUT2D eigenvalue weighted by Gasteiger charge is -2.10. The van der Waals surface area contributed by atoms with Crippen LogP contribution in [0.25, 0.3) is 21.9 Å². The molecular formula is C20H21NO3. The Morgan fingerprint density at radius 1 is 1.08 bits per heavy atom. The highest BCUT2D eigenvalue weighted by atomic mass is 16.3. The molecule has 1 heterocycles. The number of hydrogen-bond donors (Lipinski definition) is 1.